The molecule has 0 bridgehead atoms. The van der Waals surface area contributed by atoms with Crippen LogP contribution in [-0.2, 0) is 19.6 Å². The molecule has 2 rings (SSSR count). The Morgan fingerprint density at radius 2 is 2.10 bits per heavy atom. The Balaban J connectivity index is 2.10. The highest BCUT2D eigenvalue weighted by atomic mass is 35.5. The van der Waals surface area contributed by atoms with Crippen LogP contribution in [-0.4, -0.2) is 20.1 Å². The van der Waals surface area contributed by atoms with Gasteiger partial charge in [-0.1, -0.05) is 24.6 Å². The number of ketones is 1. The minimum Gasteiger partial charge on any atom is -0.299 e. The highest BCUT2D eigenvalue weighted by Gasteiger charge is 2.32. The van der Waals surface area contributed by atoms with Crippen molar-refractivity contribution >= 4 is 33.3 Å². The Morgan fingerprint density at radius 3 is 2.71 bits per heavy atom. The minimum atomic E-state index is -3.93. The van der Waals surface area contributed by atoms with Crippen LogP contribution < -0.4 is 4.72 Å². The number of Topliss-reactive ketones (excluding diaryl/α,β-unsaturated/α-hetero) is 1. The first-order valence-electron chi connectivity index (χ1n) is 6.64. The summed E-state index contributed by atoms with van der Waals surface area (Å²) in [5, 5.41) is 0.280. The number of nitrogens with one attached hydrogen (secondary N) is 1. The van der Waals surface area contributed by atoms with Crippen molar-refractivity contribution < 1.29 is 18.0 Å². The Labute approximate surface area is 128 Å². The number of hydrogen-bond donors (Lipinski definition) is 1. The van der Waals surface area contributed by atoms with Crippen molar-refractivity contribution in [3.63, 3.8) is 0 Å². The monoisotopic (exact) mass is 329 g/mol. The molecule has 21 heavy (non-hydrogen) atoms. The lowest BCUT2D eigenvalue weighted by atomic mass is 9.81. The smallest absolute Gasteiger partial charge is 0.264 e. The highest BCUT2D eigenvalue weighted by molar-refractivity contribution is 7.90. The normalized spacial score (nSPS) is 22.9. The molecule has 2 atom stereocenters. The molecule has 1 aromatic rings. The number of amides is 1. The van der Waals surface area contributed by atoms with E-state index in [9.17, 15) is 18.0 Å². The van der Waals surface area contributed by atoms with E-state index in [2.05, 4.69) is 4.72 Å². The van der Waals surface area contributed by atoms with E-state index < -0.39 is 21.8 Å². The second kappa shape index (κ2) is 6.15. The zero-order valence-electron chi connectivity index (χ0n) is 11.5. The van der Waals surface area contributed by atoms with E-state index >= 15 is 0 Å². The zero-order chi connectivity index (χ0) is 15.6. The summed E-state index contributed by atoms with van der Waals surface area (Å²) >= 11 is 5.76. The van der Waals surface area contributed by atoms with E-state index in [-0.39, 0.29) is 21.6 Å². The van der Waals surface area contributed by atoms with Crippen molar-refractivity contribution in [3.05, 3.63) is 29.3 Å². The number of rotatable bonds is 3. The van der Waals surface area contributed by atoms with Crippen LogP contribution in [0, 0.1) is 11.8 Å². The number of hydrogen-bond acceptors (Lipinski definition) is 4. The lowest BCUT2D eigenvalue weighted by Crippen LogP contribution is -2.39. The molecule has 0 spiro atoms. The second-order valence-electron chi connectivity index (χ2n) is 5.27. The quantitative estimate of drug-likeness (QED) is 0.921. The minimum absolute atomic E-state index is 0.0525. The van der Waals surface area contributed by atoms with Gasteiger partial charge in [-0.25, -0.2) is 13.1 Å². The van der Waals surface area contributed by atoms with Gasteiger partial charge in [-0.05, 0) is 31.0 Å². The third kappa shape index (κ3) is 3.83. The van der Waals surface area contributed by atoms with E-state index in [0.29, 0.717) is 19.3 Å². The standard InChI is InChI=1S/C14H16ClNO4S/c1-9-7-10(5-6-13(9)17)14(18)16-21(19,20)12-4-2-3-11(15)8-12/h2-4,8-10H,5-7H2,1H3,(H,16,18). The fourth-order valence-electron chi connectivity index (χ4n) is 2.39. The first-order valence-corrected chi connectivity index (χ1v) is 8.50. The average molecular weight is 330 g/mol. The van der Waals surface area contributed by atoms with Gasteiger partial charge in [0.25, 0.3) is 10.0 Å². The molecule has 5 nitrogen and oxygen atoms in total. The molecule has 1 aromatic carbocycles. The topological polar surface area (TPSA) is 80.3 Å². The predicted octanol–water partition coefficient (Wildman–Crippen LogP) is 2.15. The van der Waals surface area contributed by atoms with Crippen LogP contribution in [0.1, 0.15) is 26.2 Å². The summed E-state index contributed by atoms with van der Waals surface area (Å²) in [4.78, 5) is 23.5. The van der Waals surface area contributed by atoms with Crippen LogP contribution in [0.25, 0.3) is 0 Å². The fourth-order valence-corrected chi connectivity index (χ4v) is 3.73. The maximum absolute atomic E-state index is 12.1. The first kappa shape index (κ1) is 16.0. The molecule has 1 aliphatic rings. The molecule has 114 valence electrons. The molecule has 0 radical (unpaired) electrons. The van der Waals surface area contributed by atoms with Crippen molar-refractivity contribution in [1.29, 1.82) is 0 Å². The van der Waals surface area contributed by atoms with Crippen molar-refractivity contribution in [2.24, 2.45) is 11.8 Å². The van der Waals surface area contributed by atoms with Crippen LogP contribution in [0.5, 0.6) is 0 Å². The van der Waals surface area contributed by atoms with Gasteiger partial charge in [-0.2, -0.15) is 0 Å². The first-order chi connectivity index (χ1) is 9.79. The van der Waals surface area contributed by atoms with Crippen molar-refractivity contribution in [2.75, 3.05) is 0 Å². The molecule has 1 amide bonds. The summed E-state index contributed by atoms with van der Waals surface area (Å²) in [6, 6.07) is 5.71. The summed E-state index contributed by atoms with van der Waals surface area (Å²) in [7, 11) is -3.93. The average Bonchev–Trinajstić information content (AvgIpc) is 2.41. The SMILES string of the molecule is CC1CC(C(=O)NS(=O)(=O)c2cccc(Cl)c2)CCC1=O. The van der Waals surface area contributed by atoms with Gasteiger partial charge in [0.05, 0.1) is 4.90 Å². The molecular formula is C14H16ClNO4S. The van der Waals surface area contributed by atoms with Gasteiger partial charge < -0.3 is 0 Å². The van der Waals surface area contributed by atoms with Crippen molar-refractivity contribution in [3.8, 4) is 0 Å². The van der Waals surface area contributed by atoms with Crippen LogP contribution in [0.4, 0.5) is 0 Å². The maximum Gasteiger partial charge on any atom is 0.264 e. The second-order valence-corrected chi connectivity index (χ2v) is 7.38. The third-order valence-electron chi connectivity index (χ3n) is 3.64. The molecule has 1 aliphatic carbocycles. The van der Waals surface area contributed by atoms with Gasteiger partial charge >= 0.3 is 0 Å². The van der Waals surface area contributed by atoms with Gasteiger partial charge in [-0.15, -0.1) is 0 Å². The van der Waals surface area contributed by atoms with Crippen molar-refractivity contribution in [1.82, 2.24) is 4.72 Å². The highest BCUT2D eigenvalue weighted by Crippen LogP contribution is 2.26. The number of benzene rings is 1. The molecule has 0 heterocycles. The van der Waals surface area contributed by atoms with Crippen LogP contribution in [0.2, 0.25) is 5.02 Å². The Morgan fingerprint density at radius 1 is 1.38 bits per heavy atom. The van der Waals surface area contributed by atoms with Crippen LogP contribution in [0.3, 0.4) is 0 Å². The summed E-state index contributed by atoms with van der Waals surface area (Å²) in [6.07, 6.45) is 1.09. The summed E-state index contributed by atoms with van der Waals surface area (Å²) in [5.74, 6) is -1.10. The Kier molecular flexibility index (Phi) is 4.68. The molecule has 2 unspecified atom stereocenters. The number of halogens is 1. The molecule has 0 aromatic heterocycles. The van der Waals surface area contributed by atoms with Crippen LogP contribution >= 0.6 is 11.6 Å². The van der Waals surface area contributed by atoms with Crippen molar-refractivity contribution in [2.45, 2.75) is 31.1 Å². The molecule has 1 saturated carbocycles. The van der Waals surface area contributed by atoms with E-state index in [1.807, 2.05) is 0 Å². The largest absolute Gasteiger partial charge is 0.299 e. The van der Waals surface area contributed by atoms with E-state index in [0.717, 1.165) is 0 Å². The van der Waals surface area contributed by atoms with E-state index in [1.54, 1.807) is 13.0 Å². The predicted molar refractivity (Wildman–Crippen MR) is 78.3 cm³/mol. The summed E-state index contributed by atoms with van der Waals surface area (Å²) in [5.41, 5.74) is 0. The number of carbonyl (C=O) groups excluding carboxylic acids is 2. The number of sulfonamides is 1. The number of carbonyl (C=O) groups is 2. The lowest BCUT2D eigenvalue weighted by molar-refractivity contribution is -0.129. The molecule has 1 fully saturated rings. The zero-order valence-corrected chi connectivity index (χ0v) is 13.1. The Hall–Kier alpha value is -1.40. The summed E-state index contributed by atoms with van der Waals surface area (Å²) in [6.45, 7) is 1.76. The molecule has 0 saturated heterocycles. The van der Waals surface area contributed by atoms with Gasteiger partial charge in [0, 0.05) is 23.3 Å². The fraction of sp³-hybridized carbons (Fsp3) is 0.429. The lowest BCUT2D eigenvalue weighted by Gasteiger charge is -2.24. The maximum atomic E-state index is 12.1. The van der Waals surface area contributed by atoms with Gasteiger partial charge in [0.2, 0.25) is 5.91 Å². The van der Waals surface area contributed by atoms with Gasteiger partial charge in [-0.3, -0.25) is 9.59 Å². The van der Waals surface area contributed by atoms with Gasteiger partial charge in [0.1, 0.15) is 5.78 Å². The van der Waals surface area contributed by atoms with Crippen LogP contribution in [0.15, 0.2) is 29.2 Å². The molecule has 1 N–H and O–H groups in total. The molecular weight excluding hydrogens is 314 g/mol. The van der Waals surface area contributed by atoms with E-state index in [1.165, 1.54) is 18.2 Å². The van der Waals surface area contributed by atoms with Gasteiger partial charge in [0.15, 0.2) is 0 Å². The Bertz CT molecular complexity index is 671. The molecule has 0 aliphatic heterocycles. The van der Waals surface area contributed by atoms with E-state index in [4.69, 9.17) is 11.6 Å². The summed E-state index contributed by atoms with van der Waals surface area (Å²) < 4.78 is 26.3. The molecule has 7 heteroatoms. The third-order valence-corrected chi connectivity index (χ3v) is 5.22.